The number of hydrogen-bond donors (Lipinski definition) is 2. The predicted octanol–water partition coefficient (Wildman–Crippen LogP) is 5.94. The van der Waals surface area contributed by atoms with Crippen LogP contribution >= 0.6 is 11.6 Å². The Morgan fingerprint density at radius 1 is 1.18 bits per heavy atom. The molecule has 1 aromatic heterocycles. The average molecular weight is 488 g/mol. The Bertz CT molecular complexity index is 1180. The van der Waals surface area contributed by atoms with Crippen LogP contribution in [0.2, 0.25) is 5.02 Å². The van der Waals surface area contributed by atoms with E-state index in [0.29, 0.717) is 21.7 Å². The molecule has 0 radical (unpaired) electrons. The molecule has 1 saturated carbocycles. The molecular formula is C26H28ClF2N3O2. The summed E-state index contributed by atoms with van der Waals surface area (Å²) in [5.41, 5.74) is 1.87. The Kier molecular flexibility index (Phi) is 6.78. The van der Waals surface area contributed by atoms with Crippen LogP contribution in [0.15, 0.2) is 54.9 Å². The molecule has 180 valence electrons. The number of benzene rings is 2. The maximum absolute atomic E-state index is 13.9. The molecule has 5 nitrogen and oxygen atoms in total. The van der Waals surface area contributed by atoms with Crippen molar-refractivity contribution < 1.29 is 18.7 Å². The van der Waals surface area contributed by atoms with Gasteiger partial charge in [-0.25, -0.2) is 8.78 Å². The van der Waals surface area contributed by atoms with E-state index < -0.39 is 36.3 Å². The summed E-state index contributed by atoms with van der Waals surface area (Å²) in [5, 5.41) is 19.3. The molecule has 8 heteroatoms. The van der Waals surface area contributed by atoms with E-state index in [2.05, 4.69) is 10.4 Å². The van der Waals surface area contributed by atoms with E-state index in [-0.39, 0.29) is 12.8 Å². The van der Waals surface area contributed by atoms with Gasteiger partial charge in [-0.15, -0.1) is 0 Å². The summed E-state index contributed by atoms with van der Waals surface area (Å²) in [5.74, 6) is -3.24. The molecule has 1 heterocycles. The first-order valence-corrected chi connectivity index (χ1v) is 11.8. The Morgan fingerprint density at radius 2 is 1.88 bits per heavy atom. The van der Waals surface area contributed by atoms with Gasteiger partial charge in [0.05, 0.1) is 17.8 Å². The fourth-order valence-corrected chi connectivity index (χ4v) is 4.69. The molecule has 0 spiro atoms. The van der Waals surface area contributed by atoms with Gasteiger partial charge in [-0.05, 0) is 61.6 Å². The second kappa shape index (κ2) is 9.47. The lowest BCUT2D eigenvalue weighted by Crippen LogP contribution is -2.50. The Hall–Kier alpha value is -2.77. The third-order valence-corrected chi connectivity index (χ3v) is 7.09. The van der Waals surface area contributed by atoms with Gasteiger partial charge in [-0.2, -0.15) is 5.10 Å². The maximum atomic E-state index is 13.9. The zero-order valence-electron chi connectivity index (χ0n) is 19.2. The average Bonchev–Trinajstić information content (AvgIpc) is 3.31. The number of halogens is 3. The van der Waals surface area contributed by atoms with Gasteiger partial charge >= 0.3 is 0 Å². The van der Waals surface area contributed by atoms with E-state index in [1.54, 1.807) is 42.1 Å². The maximum Gasteiger partial charge on any atom is 0.252 e. The molecule has 0 aliphatic heterocycles. The van der Waals surface area contributed by atoms with Crippen molar-refractivity contribution in [1.29, 1.82) is 0 Å². The first-order valence-electron chi connectivity index (χ1n) is 11.4. The lowest BCUT2D eigenvalue weighted by Gasteiger charge is -2.42. The third-order valence-electron chi connectivity index (χ3n) is 6.68. The smallest absolute Gasteiger partial charge is 0.252 e. The molecule has 1 unspecified atom stereocenters. The number of carbonyl (C=O) groups excluding carboxylic acids is 1. The molecule has 1 amide bonds. The van der Waals surface area contributed by atoms with Crippen LogP contribution in [0.5, 0.6) is 0 Å². The number of nitrogens with zero attached hydrogens (tertiary/aromatic N) is 2. The van der Waals surface area contributed by atoms with E-state index in [1.807, 2.05) is 31.3 Å². The summed E-state index contributed by atoms with van der Waals surface area (Å²) in [6.45, 7) is 4.46. The van der Waals surface area contributed by atoms with Crippen LogP contribution in [0.1, 0.15) is 60.1 Å². The molecule has 0 saturated heterocycles. The third kappa shape index (κ3) is 5.00. The number of nitrogens with one attached hydrogen (secondary N) is 1. The van der Waals surface area contributed by atoms with Crippen molar-refractivity contribution >= 4 is 17.5 Å². The summed E-state index contributed by atoms with van der Waals surface area (Å²) in [6.07, 6.45) is 2.54. The monoisotopic (exact) mass is 487 g/mol. The minimum absolute atomic E-state index is 0.128. The van der Waals surface area contributed by atoms with Gasteiger partial charge in [0.25, 0.3) is 5.91 Å². The van der Waals surface area contributed by atoms with Gasteiger partial charge in [0, 0.05) is 41.7 Å². The molecule has 3 aromatic rings. The van der Waals surface area contributed by atoms with Crippen molar-refractivity contribution in [2.24, 2.45) is 0 Å². The van der Waals surface area contributed by atoms with Crippen molar-refractivity contribution in [3.8, 4) is 11.1 Å². The van der Waals surface area contributed by atoms with Gasteiger partial charge in [-0.1, -0.05) is 35.9 Å². The highest BCUT2D eigenvalue weighted by Gasteiger charge is 2.47. The van der Waals surface area contributed by atoms with Crippen LogP contribution in [0.3, 0.4) is 0 Å². The van der Waals surface area contributed by atoms with Crippen LogP contribution in [-0.4, -0.2) is 32.3 Å². The fourth-order valence-electron chi connectivity index (χ4n) is 4.51. The molecule has 1 aliphatic rings. The minimum atomic E-state index is -2.82. The number of aliphatic hydroxyl groups is 1. The summed E-state index contributed by atoms with van der Waals surface area (Å²) in [4.78, 5) is 13.3. The minimum Gasteiger partial charge on any atom is -0.387 e. The van der Waals surface area contributed by atoms with Crippen LogP contribution in [0.25, 0.3) is 11.1 Å². The largest absolute Gasteiger partial charge is 0.387 e. The first-order chi connectivity index (χ1) is 16.1. The number of hydrogen-bond acceptors (Lipinski definition) is 3. The lowest BCUT2D eigenvalue weighted by atomic mass is 9.75. The van der Waals surface area contributed by atoms with Crippen LogP contribution in [-0.2, 0) is 6.54 Å². The van der Waals surface area contributed by atoms with E-state index in [0.717, 1.165) is 17.7 Å². The molecule has 2 aromatic carbocycles. The Labute approximate surface area is 202 Å². The molecule has 1 fully saturated rings. The Balaban J connectivity index is 1.72. The normalized spacial score (nSPS) is 17.8. The van der Waals surface area contributed by atoms with Crippen molar-refractivity contribution in [2.75, 3.05) is 0 Å². The van der Waals surface area contributed by atoms with Gasteiger partial charge in [0.15, 0.2) is 0 Å². The molecule has 1 aliphatic carbocycles. The van der Waals surface area contributed by atoms with Gasteiger partial charge in [-0.3, -0.25) is 9.48 Å². The summed E-state index contributed by atoms with van der Waals surface area (Å²) in [7, 11) is 0. The van der Waals surface area contributed by atoms with Crippen LogP contribution < -0.4 is 5.32 Å². The van der Waals surface area contributed by atoms with E-state index in [4.69, 9.17) is 11.6 Å². The first kappa shape index (κ1) is 24.4. The zero-order chi connectivity index (χ0) is 24.5. The number of aromatic nitrogens is 2. The van der Waals surface area contributed by atoms with E-state index in [1.165, 1.54) is 0 Å². The summed E-state index contributed by atoms with van der Waals surface area (Å²) >= 11 is 6.20. The zero-order valence-corrected chi connectivity index (χ0v) is 19.9. The van der Waals surface area contributed by atoms with Gasteiger partial charge in [0.1, 0.15) is 0 Å². The van der Waals surface area contributed by atoms with Crippen LogP contribution in [0.4, 0.5) is 8.78 Å². The number of rotatable bonds is 6. The second-order valence-corrected chi connectivity index (χ2v) is 9.40. The molecule has 2 N–H and O–H groups in total. The fraction of sp³-hybridized carbons (Fsp3) is 0.385. The van der Waals surface area contributed by atoms with Gasteiger partial charge in [0.2, 0.25) is 5.92 Å². The van der Waals surface area contributed by atoms with E-state index in [9.17, 15) is 18.7 Å². The quantitative estimate of drug-likeness (QED) is 0.452. The lowest BCUT2D eigenvalue weighted by molar-refractivity contribution is -0.116. The molecule has 1 atom stereocenters. The Morgan fingerprint density at radius 3 is 2.56 bits per heavy atom. The van der Waals surface area contributed by atoms with E-state index >= 15 is 0 Å². The molecule has 34 heavy (non-hydrogen) atoms. The topological polar surface area (TPSA) is 67.2 Å². The van der Waals surface area contributed by atoms with Crippen molar-refractivity contribution in [3.63, 3.8) is 0 Å². The number of amides is 1. The molecular weight excluding hydrogens is 460 g/mol. The van der Waals surface area contributed by atoms with Crippen molar-refractivity contribution in [3.05, 3.63) is 76.6 Å². The van der Waals surface area contributed by atoms with Crippen LogP contribution in [0, 0.1) is 6.92 Å². The highest BCUT2D eigenvalue weighted by molar-refractivity contribution is 6.31. The van der Waals surface area contributed by atoms with Crippen molar-refractivity contribution in [2.45, 2.75) is 63.6 Å². The predicted molar refractivity (Wildman–Crippen MR) is 128 cm³/mol. The summed E-state index contributed by atoms with van der Waals surface area (Å²) in [6, 6.07) is 11.6. The van der Waals surface area contributed by atoms with Crippen molar-refractivity contribution in [1.82, 2.24) is 15.1 Å². The SMILES string of the molecule is CCn1cc(-c2cccc(C(NC(=O)c3cccc(Cl)c3C)C3(O)CCC(F)(F)CC3)c2)cn1. The van der Waals surface area contributed by atoms with Gasteiger partial charge < -0.3 is 10.4 Å². The number of carbonyl (C=O) groups is 1. The highest BCUT2D eigenvalue weighted by atomic mass is 35.5. The molecule has 0 bridgehead atoms. The number of alkyl halides is 2. The molecule has 4 rings (SSSR count). The summed E-state index contributed by atoms with van der Waals surface area (Å²) < 4.78 is 29.7. The standard InChI is InChI=1S/C26H28ClF2N3O2/c1-3-32-16-20(15-30-32)18-6-4-7-19(14-18)23(25(34)10-12-26(28,29)13-11-25)31-24(33)21-8-5-9-22(27)17(21)2/h4-9,14-16,23,34H,3,10-13H2,1-2H3,(H,31,33). The number of aryl methyl sites for hydroxylation is 1. The second-order valence-electron chi connectivity index (χ2n) is 8.99. The highest BCUT2D eigenvalue weighted by Crippen LogP contribution is 2.45.